The van der Waals surface area contributed by atoms with Crippen LogP contribution in [-0.4, -0.2) is 17.7 Å². The Bertz CT molecular complexity index is 921. The Morgan fingerprint density at radius 2 is 1.87 bits per heavy atom. The number of alkyl halides is 3. The molecule has 1 aliphatic rings. The maximum atomic E-state index is 13.0. The summed E-state index contributed by atoms with van der Waals surface area (Å²) in [6.45, 7) is 4.34. The standard InChI is InChI=1S/C24H26ClF3O3/c1-3-4-14(2)21(23(29)30)17-11-19(16-7-9-18(10-8-16)24(26,27)28)22(20(25)12-17)31-13-15-5-6-15/h7-12,14-15,21H,3-6,13H2,1-2H3,(H,29,30). The summed E-state index contributed by atoms with van der Waals surface area (Å²) in [5, 5.41) is 10.1. The molecule has 1 aliphatic carbocycles. The van der Waals surface area contributed by atoms with Crippen molar-refractivity contribution in [3.8, 4) is 16.9 Å². The number of rotatable bonds is 9. The number of carboxylic acids is 1. The van der Waals surface area contributed by atoms with Crippen molar-refractivity contribution >= 4 is 17.6 Å². The summed E-state index contributed by atoms with van der Waals surface area (Å²) in [6.07, 6.45) is -0.730. The van der Waals surface area contributed by atoms with Crippen LogP contribution in [0.5, 0.6) is 5.75 Å². The summed E-state index contributed by atoms with van der Waals surface area (Å²) in [7, 11) is 0. The highest BCUT2D eigenvalue weighted by atomic mass is 35.5. The topological polar surface area (TPSA) is 46.5 Å². The molecule has 0 amide bonds. The molecule has 1 fully saturated rings. The van der Waals surface area contributed by atoms with Crippen molar-refractivity contribution in [2.75, 3.05) is 6.61 Å². The third kappa shape index (κ3) is 5.73. The van der Waals surface area contributed by atoms with Crippen LogP contribution >= 0.6 is 11.6 Å². The van der Waals surface area contributed by atoms with E-state index in [4.69, 9.17) is 16.3 Å². The van der Waals surface area contributed by atoms with Crippen LogP contribution in [0.3, 0.4) is 0 Å². The third-order valence-corrected chi connectivity index (χ3v) is 5.97. The molecule has 2 atom stereocenters. The average Bonchev–Trinajstić information content (AvgIpc) is 3.51. The fourth-order valence-electron chi connectivity index (χ4n) is 3.82. The predicted octanol–water partition coefficient (Wildman–Crippen LogP) is 7.42. The number of carbonyl (C=O) groups is 1. The molecule has 2 aromatic carbocycles. The normalized spacial score (nSPS) is 16.1. The molecule has 0 bridgehead atoms. The van der Waals surface area contributed by atoms with Gasteiger partial charge in [0.25, 0.3) is 0 Å². The van der Waals surface area contributed by atoms with Crippen molar-refractivity contribution in [1.29, 1.82) is 0 Å². The zero-order valence-corrected chi connectivity index (χ0v) is 18.3. The molecule has 7 heteroatoms. The minimum Gasteiger partial charge on any atom is -0.491 e. The molecule has 31 heavy (non-hydrogen) atoms. The number of aliphatic carboxylic acids is 1. The second-order valence-electron chi connectivity index (χ2n) is 8.29. The molecule has 1 N–H and O–H groups in total. The van der Waals surface area contributed by atoms with Gasteiger partial charge in [0.05, 0.1) is 23.1 Å². The third-order valence-electron chi connectivity index (χ3n) is 5.69. The Morgan fingerprint density at radius 1 is 1.23 bits per heavy atom. The first kappa shape index (κ1) is 23.5. The van der Waals surface area contributed by atoms with E-state index in [-0.39, 0.29) is 10.9 Å². The molecule has 0 aromatic heterocycles. The zero-order valence-electron chi connectivity index (χ0n) is 17.5. The van der Waals surface area contributed by atoms with Gasteiger partial charge in [0.15, 0.2) is 0 Å². The van der Waals surface area contributed by atoms with Crippen molar-refractivity contribution < 1.29 is 27.8 Å². The Morgan fingerprint density at radius 3 is 2.39 bits per heavy atom. The molecular weight excluding hydrogens is 429 g/mol. The molecule has 2 aromatic rings. The minimum absolute atomic E-state index is 0.128. The average molecular weight is 455 g/mol. The van der Waals surface area contributed by atoms with Crippen molar-refractivity contribution in [2.45, 2.75) is 51.6 Å². The second-order valence-corrected chi connectivity index (χ2v) is 8.70. The van der Waals surface area contributed by atoms with Gasteiger partial charge in [0, 0.05) is 5.56 Å². The molecule has 1 saturated carbocycles. The van der Waals surface area contributed by atoms with Crippen LogP contribution in [0.2, 0.25) is 5.02 Å². The Hall–Kier alpha value is -2.21. The zero-order chi connectivity index (χ0) is 22.8. The molecule has 3 nitrogen and oxygen atoms in total. The smallest absolute Gasteiger partial charge is 0.416 e. The van der Waals surface area contributed by atoms with Crippen LogP contribution < -0.4 is 4.74 Å². The van der Waals surface area contributed by atoms with E-state index in [1.165, 1.54) is 12.1 Å². The van der Waals surface area contributed by atoms with Gasteiger partial charge in [0.2, 0.25) is 0 Å². The van der Waals surface area contributed by atoms with Gasteiger partial charge in [-0.2, -0.15) is 13.2 Å². The number of carboxylic acid groups (broad SMARTS) is 1. The van der Waals surface area contributed by atoms with Crippen LogP contribution in [0, 0.1) is 11.8 Å². The molecule has 0 radical (unpaired) electrons. The minimum atomic E-state index is -4.44. The SMILES string of the molecule is CCCC(C)C(C(=O)O)c1cc(Cl)c(OCC2CC2)c(-c2ccc(C(F)(F)F)cc2)c1. The quantitative estimate of drug-likeness (QED) is 0.428. The van der Waals surface area contributed by atoms with Crippen molar-refractivity contribution in [2.24, 2.45) is 11.8 Å². The Labute approximate surface area is 185 Å². The summed E-state index contributed by atoms with van der Waals surface area (Å²) >= 11 is 6.52. The summed E-state index contributed by atoms with van der Waals surface area (Å²) < 4.78 is 44.9. The maximum Gasteiger partial charge on any atom is 0.416 e. The second kappa shape index (κ2) is 9.51. The molecule has 0 aliphatic heterocycles. The van der Waals surface area contributed by atoms with Gasteiger partial charge in [-0.3, -0.25) is 4.79 Å². The van der Waals surface area contributed by atoms with Crippen molar-refractivity contribution in [3.63, 3.8) is 0 Å². The fourth-order valence-corrected chi connectivity index (χ4v) is 4.10. The number of hydrogen-bond acceptors (Lipinski definition) is 2. The van der Waals surface area contributed by atoms with Gasteiger partial charge in [0.1, 0.15) is 5.75 Å². The lowest BCUT2D eigenvalue weighted by molar-refractivity contribution is -0.140. The van der Waals surface area contributed by atoms with Crippen molar-refractivity contribution in [3.05, 3.63) is 52.5 Å². The van der Waals surface area contributed by atoms with Crippen LogP contribution in [0.15, 0.2) is 36.4 Å². The van der Waals surface area contributed by atoms with E-state index in [1.54, 1.807) is 12.1 Å². The molecule has 0 heterocycles. The van der Waals surface area contributed by atoms with Crippen LogP contribution in [0.1, 0.15) is 56.6 Å². The number of ether oxygens (including phenoxy) is 1. The lowest BCUT2D eigenvalue weighted by Crippen LogP contribution is -2.20. The molecule has 2 unspecified atom stereocenters. The lowest BCUT2D eigenvalue weighted by Gasteiger charge is -2.23. The summed E-state index contributed by atoms with van der Waals surface area (Å²) in [5.41, 5.74) is 0.771. The number of hydrogen-bond donors (Lipinski definition) is 1. The first-order chi connectivity index (χ1) is 14.6. The Kier molecular flexibility index (Phi) is 7.20. The van der Waals surface area contributed by atoms with E-state index in [1.807, 2.05) is 13.8 Å². The number of benzene rings is 2. The van der Waals surface area contributed by atoms with Gasteiger partial charge in [-0.05, 0) is 66.5 Å². The largest absolute Gasteiger partial charge is 0.491 e. The van der Waals surface area contributed by atoms with Crippen LogP contribution in [0.4, 0.5) is 13.2 Å². The molecular formula is C24H26ClF3O3. The molecule has 0 spiro atoms. The highest BCUT2D eigenvalue weighted by Gasteiger charge is 2.31. The van der Waals surface area contributed by atoms with Gasteiger partial charge < -0.3 is 9.84 Å². The van der Waals surface area contributed by atoms with E-state index in [0.717, 1.165) is 37.8 Å². The van der Waals surface area contributed by atoms with Crippen molar-refractivity contribution in [1.82, 2.24) is 0 Å². The van der Waals surface area contributed by atoms with Gasteiger partial charge in [-0.15, -0.1) is 0 Å². The monoisotopic (exact) mass is 454 g/mol. The lowest BCUT2D eigenvalue weighted by atomic mass is 9.83. The van der Waals surface area contributed by atoms with E-state index in [2.05, 4.69) is 0 Å². The van der Waals surface area contributed by atoms with E-state index < -0.39 is 23.6 Å². The number of halogens is 4. The fraction of sp³-hybridized carbons (Fsp3) is 0.458. The molecule has 3 rings (SSSR count). The maximum absolute atomic E-state index is 13.0. The molecule has 0 saturated heterocycles. The first-order valence-corrected chi connectivity index (χ1v) is 10.9. The summed E-state index contributed by atoms with van der Waals surface area (Å²) in [5.74, 6) is -1.03. The van der Waals surface area contributed by atoms with E-state index in [0.29, 0.717) is 35.0 Å². The summed E-state index contributed by atoms with van der Waals surface area (Å²) in [4.78, 5) is 12.0. The summed E-state index contributed by atoms with van der Waals surface area (Å²) in [6, 6.07) is 8.06. The van der Waals surface area contributed by atoms with E-state index in [9.17, 15) is 23.1 Å². The van der Waals surface area contributed by atoms with Gasteiger partial charge in [-0.1, -0.05) is 44.0 Å². The Balaban J connectivity index is 2.07. The van der Waals surface area contributed by atoms with Gasteiger partial charge in [-0.25, -0.2) is 0 Å². The predicted molar refractivity (Wildman–Crippen MR) is 115 cm³/mol. The highest BCUT2D eigenvalue weighted by Crippen LogP contribution is 2.43. The van der Waals surface area contributed by atoms with Crippen LogP contribution in [-0.2, 0) is 11.0 Å². The van der Waals surface area contributed by atoms with Crippen LogP contribution in [0.25, 0.3) is 11.1 Å². The van der Waals surface area contributed by atoms with Gasteiger partial charge >= 0.3 is 12.1 Å². The first-order valence-electron chi connectivity index (χ1n) is 10.5. The van der Waals surface area contributed by atoms with E-state index >= 15 is 0 Å². The molecule has 168 valence electrons. The highest BCUT2D eigenvalue weighted by molar-refractivity contribution is 6.32.